The number of aryl methyl sites for hydroxylation is 2. The van der Waals surface area contributed by atoms with Gasteiger partial charge in [-0.25, -0.2) is 9.97 Å². The summed E-state index contributed by atoms with van der Waals surface area (Å²) in [6.45, 7) is 10.8. The van der Waals surface area contributed by atoms with Crippen molar-refractivity contribution in [3.63, 3.8) is 0 Å². The topological polar surface area (TPSA) is 37.8 Å². The number of hydrogen-bond donors (Lipinski definition) is 1. The van der Waals surface area contributed by atoms with Crippen molar-refractivity contribution in [3.8, 4) is 0 Å². The lowest BCUT2D eigenvalue weighted by molar-refractivity contribution is 0.340. The molecule has 16 heavy (non-hydrogen) atoms. The maximum atomic E-state index is 4.64. The first-order valence-electron chi connectivity index (χ1n) is 6.12. The van der Waals surface area contributed by atoms with Crippen LogP contribution in [0.5, 0.6) is 0 Å². The molecule has 0 unspecified atom stereocenters. The van der Waals surface area contributed by atoms with Crippen molar-refractivity contribution in [1.82, 2.24) is 15.3 Å². The highest BCUT2D eigenvalue weighted by Crippen LogP contribution is 2.21. The van der Waals surface area contributed by atoms with Crippen LogP contribution in [0.4, 0.5) is 0 Å². The fraction of sp³-hybridized carbons (Fsp3) is 0.692. The second-order valence-corrected chi connectivity index (χ2v) is 5.11. The van der Waals surface area contributed by atoms with Gasteiger partial charge in [0.05, 0.1) is 0 Å². The zero-order valence-electron chi connectivity index (χ0n) is 10.7. The second-order valence-electron chi connectivity index (χ2n) is 5.11. The van der Waals surface area contributed by atoms with Crippen LogP contribution < -0.4 is 5.32 Å². The maximum Gasteiger partial charge on any atom is 0.129 e. The first-order valence-corrected chi connectivity index (χ1v) is 6.12. The van der Waals surface area contributed by atoms with Gasteiger partial charge in [-0.15, -0.1) is 0 Å². The van der Waals surface area contributed by atoms with Gasteiger partial charge in [-0.2, -0.15) is 0 Å². The van der Waals surface area contributed by atoms with Gasteiger partial charge in [0.15, 0.2) is 0 Å². The highest BCUT2D eigenvalue weighted by molar-refractivity contribution is 5.27. The Morgan fingerprint density at radius 3 is 2.12 bits per heavy atom. The van der Waals surface area contributed by atoms with Crippen molar-refractivity contribution in [2.45, 2.75) is 40.0 Å². The fourth-order valence-corrected chi connectivity index (χ4v) is 2.47. The Balaban J connectivity index is 2.21. The monoisotopic (exact) mass is 219 g/mol. The molecule has 2 heterocycles. The Labute approximate surface area is 97.7 Å². The molecule has 2 rings (SSSR count). The van der Waals surface area contributed by atoms with E-state index in [9.17, 15) is 0 Å². The summed E-state index contributed by atoms with van der Waals surface area (Å²) in [7, 11) is 0. The molecule has 0 bridgehead atoms. The molecule has 0 aromatic carbocycles. The molecule has 0 aliphatic carbocycles. The molecule has 1 saturated heterocycles. The van der Waals surface area contributed by atoms with Crippen LogP contribution in [0.1, 0.15) is 42.5 Å². The molecule has 3 nitrogen and oxygen atoms in total. The SMILES string of the molecule is Cc1nc(CC2CNC2)nc(C)c1C(C)C. The number of aromatic nitrogens is 2. The first-order chi connectivity index (χ1) is 7.58. The molecule has 1 aliphatic rings. The largest absolute Gasteiger partial charge is 0.316 e. The first kappa shape index (κ1) is 11.5. The van der Waals surface area contributed by atoms with Gasteiger partial charge in [0, 0.05) is 17.8 Å². The smallest absolute Gasteiger partial charge is 0.129 e. The van der Waals surface area contributed by atoms with Crippen molar-refractivity contribution in [1.29, 1.82) is 0 Å². The van der Waals surface area contributed by atoms with E-state index in [0.29, 0.717) is 5.92 Å². The molecule has 88 valence electrons. The molecule has 1 aromatic rings. The van der Waals surface area contributed by atoms with Gasteiger partial charge in [-0.3, -0.25) is 0 Å². The van der Waals surface area contributed by atoms with E-state index < -0.39 is 0 Å². The Kier molecular flexibility index (Phi) is 3.24. The lowest BCUT2D eigenvalue weighted by Gasteiger charge is -2.26. The summed E-state index contributed by atoms with van der Waals surface area (Å²) in [6.07, 6.45) is 1.02. The molecular formula is C13H21N3. The van der Waals surface area contributed by atoms with E-state index in [2.05, 4.69) is 43.0 Å². The summed E-state index contributed by atoms with van der Waals surface area (Å²) in [4.78, 5) is 9.28. The van der Waals surface area contributed by atoms with Crippen LogP contribution in [0, 0.1) is 19.8 Å². The van der Waals surface area contributed by atoms with Crippen LogP contribution >= 0.6 is 0 Å². The van der Waals surface area contributed by atoms with Crippen LogP contribution in [0.2, 0.25) is 0 Å². The predicted molar refractivity (Wildman–Crippen MR) is 65.7 cm³/mol. The molecule has 0 atom stereocenters. The van der Waals surface area contributed by atoms with Gasteiger partial charge in [-0.05, 0) is 44.3 Å². The molecule has 1 fully saturated rings. The minimum absolute atomic E-state index is 0.513. The Morgan fingerprint density at radius 1 is 1.19 bits per heavy atom. The quantitative estimate of drug-likeness (QED) is 0.844. The number of nitrogens with one attached hydrogen (secondary N) is 1. The Bertz CT molecular complexity index is 358. The molecular weight excluding hydrogens is 198 g/mol. The van der Waals surface area contributed by atoms with Gasteiger partial charge in [0.1, 0.15) is 5.82 Å². The predicted octanol–water partition coefficient (Wildman–Crippen LogP) is 1.98. The lowest BCUT2D eigenvalue weighted by Crippen LogP contribution is -2.43. The molecule has 1 N–H and O–H groups in total. The average Bonchev–Trinajstić information content (AvgIpc) is 2.09. The van der Waals surface area contributed by atoms with E-state index in [1.165, 1.54) is 5.56 Å². The van der Waals surface area contributed by atoms with E-state index in [1.54, 1.807) is 0 Å². The van der Waals surface area contributed by atoms with Crippen molar-refractivity contribution >= 4 is 0 Å². The Hall–Kier alpha value is -0.960. The average molecular weight is 219 g/mol. The van der Waals surface area contributed by atoms with Gasteiger partial charge >= 0.3 is 0 Å². The highest BCUT2D eigenvalue weighted by atomic mass is 15.0. The normalized spacial score (nSPS) is 16.6. The zero-order chi connectivity index (χ0) is 11.7. The highest BCUT2D eigenvalue weighted by Gasteiger charge is 2.19. The van der Waals surface area contributed by atoms with Crippen molar-refractivity contribution in [2.24, 2.45) is 5.92 Å². The molecule has 1 aliphatic heterocycles. The van der Waals surface area contributed by atoms with E-state index in [4.69, 9.17) is 0 Å². The second kappa shape index (κ2) is 4.50. The van der Waals surface area contributed by atoms with Gasteiger partial charge in [0.25, 0.3) is 0 Å². The number of nitrogens with zero attached hydrogens (tertiary/aromatic N) is 2. The van der Waals surface area contributed by atoms with Crippen LogP contribution in [-0.2, 0) is 6.42 Å². The molecule has 0 spiro atoms. The van der Waals surface area contributed by atoms with Crippen LogP contribution in [0.3, 0.4) is 0 Å². The zero-order valence-corrected chi connectivity index (χ0v) is 10.7. The third-order valence-electron chi connectivity index (χ3n) is 3.29. The van der Waals surface area contributed by atoms with Gasteiger partial charge < -0.3 is 5.32 Å². The van der Waals surface area contributed by atoms with E-state index in [-0.39, 0.29) is 0 Å². The summed E-state index contributed by atoms with van der Waals surface area (Å²) < 4.78 is 0. The maximum absolute atomic E-state index is 4.64. The van der Waals surface area contributed by atoms with Crippen molar-refractivity contribution in [3.05, 3.63) is 22.8 Å². The number of hydrogen-bond acceptors (Lipinski definition) is 3. The van der Waals surface area contributed by atoms with Gasteiger partial charge in [0.2, 0.25) is 0 Å². The fourth-order valence-electron chi connectivity index (χ4n) is 2.47. The van der Waals surface area contributed by atoms with E-state index in [0.717, 1.165) is 42.6 Å². The third-order valence-corrected chi connectivity index (χ3v) is 3.29. The van der Waals surface area contributed by atoms with Crippen LogP contribution in [-0.4, -0.2) is 23.1 Å². The summed E-state index contributed by atoms with van der Waals surface area (Å²) in [5, 5.41) is 3.28. The molecule has 1 aromatic heterocycles. The molecule has 3 heteroatoms. The number of rotatable bonds is 3. The summed E-state index contributed by atoms with van der Waals surface area (Å²) in [5.74, 6) is 2.27. The summed E-state index contributed by atoms with van der Waals surface area (Å²) in [6, 6.07) is 0. The van der Waals surface area contributed by atoms with Crippen molar-refractivity contribution < 1.29 is 0 Å². The molecule has 0 amide bonds. The summed E-state index contributed by atoms with van der Waals surface area (Å²) >= 11 is 0. The Morgan fingerprint density at radius 2 is 1.75 bits per heavy atom. The van der Waals surface area contributed by atoms with Gasteiger partial charge in [-0.1, -0.05) is 13.8 Å². The lowest BCUT2D eigenvalue weighted by atomic mass is 9.97. The molecule has 0 radical (unpaired) electrons. The van der Waals surface area contributed by atoms with Crippen LogP contribution in [0.15, 0.2) is 0 Å². The minimum Gasteiger partial charge on any atom is -0.316 e. The van der Waals surface area contributed by atoms with E-state index in [1.807, 2.05) is 0 Å². The minimum atomic E-state index is 0.513. The molecule has 0 saturated carbocycles. The van der Waals surface area contributed by atoms with Crippen molar-refractivity contribution in [2.75, 3.05) is 13.1 Å². The van der Waals surface area contributed by atoms with Crippen LogP contribution in [0.25, 0.3) is 0 Å². The summed E-state index contributed by atoms with van der Waals surface area (Å²) in [5.41, 5.74) is 3.63. The van der Waals surface area contributed by atoms with E-state index >= 15 is 0 Å². The third kappa shape index (κ3) is 2.24. The standard InChI is InChI=1S/C13H21N3/c1-8(2)13-9(3)15-12(16-10(13)4)5-11-6-14-7-11/h8,11,14H,5-7H2,1-4H3.